The molecule has 92 valence electrons. The summed E-state index contributed by atoms with van der Waals surface area (Å²) in [6.45, 7) is 3.67. The Kier molecular flexibility index (Phi) is 2.95. The molecule has 2 heterocycles. The van der Waals surface area contributed by atoms with Crippen LogP contribution in [0, 0.1) is 6.92 Å². The first-order chi connectivity index (χ1) is 8.63. The first kappa shape index (κ1) is 11.9. The molecule has 0 saturated carbocycles. The van der Waals surface area contributed by atoms with Gasteiger partial charge in [-0.1, -0.05) is 6.07 Å². The van der Waals surface area contributed by atoms with E-state index in [0.717, 1.165) is 21.3 Å². The molecule has 0 saturated heterocycles. The molecule has 18 heavy (non-hydrogen) atoms. The van der Waals surface area contributed by atoms with E-state index in [1.807, 2.05) is 6.07 Å². The fourth-order valence-electron chi connectivity index (χ4n) is 1.82. The SMILES string of the molecule is CC(=O)C1CSC(c2nc3ccc(C)cc3s2)=N1. The second-order valence-corrected chi connectivity index (χ2v) is 6.40. The maximum absolute atomic E-state index is 11.3. The standard InChI is InChI=1S/C13H12N2OS2/c1-7-3-4-9-11(5-7)18-13(14-9)12-15-10(6-17-12)8(2)16/h3-5,10H,6H2,1-2H3. The molecule has 0 bridgehead atoms. The van der Waals surface area contributed by atoms with Crippen LogP contribution in [0.1, 0.15) is 17.5 Å². The fourth-order valence-corrected chi connectivity index (χ4v) is 4.08. The van der Waals surface area contributed by atoms with Crippen molar-refractivity contribution in [2.45, 2.75) is 19.9 Å². The minimum atomic E-state index is -0.182. The first-order valence-corrected chi connectivity index (χ1v) is 7.52. The number of rotatable bonds is 2. The van der Waals surface area contributed by atoms with Gasteiger partial charge in [0.05, 0.1) is 10.2 Å². The molecule has 0 spiro atoms. The van der Waals surface area contributed by atoms with Crippen LogP contribution in [-0.2, 0) is 4.79 Å². The number of hydrogen-bond donors (Lipinski definition) is 0. The molecule has 0 fully saturated rings. The number of carbonyl (C=O) groups is 1. The molecular formula is C13H12N2OS2. The van der Waals surface area contributed by atoms with E-state index in [0.29, 0.717) is 0 Å². The maximum Gasteiger partial charge on any atom is 0.155 e. The van der Waals surface area contributed by atoms with Gasteiger partial charge in [0.1, 0.15) is 16.1 Å². The number of benzene rings is 1. The van der Waals surface area contributed by atoms with Crippen LogP contribution in [0.5, 0.6) is 0 Å². The number of aliphatic imine (C=N–C) groups is 1. The summed E-state index contributed by atoms with van der Waals surface area (Å²) in [6.07, 6.45) is 0. The Morgan fingerprint density at radius 2 is 2.28 bits per heavy atom. The van der Waals surface area contributed by atoms with Gasteiger partial charge >= 0.3 is 0 Å². The Morgan fingerprint density at radius 1 is 1.44 bits per heavy atom. The molecule has 1 aliphatic rings. The van der Waals surface area contributed by atoms with E-state index in [1.54, 1.807) is 30.0 Å². The van der Waals surface area contributed by atoms with Crippen LogP contribution in [0.25, 0.3) is 10.2 Å². The molecule has 0 aliphatic carbocycles. The third-order valence-electron chi connectivity index (χ3n) is 2.85. The van der Waals surface area contributed by atoms with E-state index in [2.05, 4.69) is 29.0 Å². The van der Waals surface area contributed by atoms with Gasteiger partial charge in [0, 0.05) is 5.75 Å². The van der Waals surface area contributed by atoms with Crippen molar-refractivity contribution in [3.8, 4) is 0 Å². The Hall–Kier alpha value is -1.20. The number of fused-ring (bicyclic) bond motifs is 1. The van der Waals surface area contributed by atoms with Gasteiger partial charge in [0.25, 0.3) is 0 Å². The zero-order valence-electron chi connectivity index (χ0n) is 10.1. The topological polar surface area (TPSA) is 42.3 Å². The van der Waals surface area contributed by atoms with E-state index in [-0.39, 0.29) is 11.8 Å². The molecule has 1 aliphatic heterocycles. The summed E-state index contributed by atoms with van der Waals surface area (Å²) < 4.78 is 1.18. The lowest BCUT2D eigenvalue weighted by Gasteiger charge is -1.95. The highest BCUT2D eigenvalue weighted by molar-refractivity contribution is 8.15. The van der Waals surface area contributed by atoms with Gasteiger partial charge in [-0.3, -0.25) is 9.79 Å². The molecule has 3 rings (SSSR count). The van der Waals surface area contributed by atoms with Gasteiger partial charge in [-0.2, -0.15) is 0 Å². The predicted octanol–water partition coefficient (Wildman–Crippen LogP) is 3.06. The summed E-state index contributed by atoms with van der Waals surface area (Å²) in [4.78, 5) is 20.3. The average molecular weight is 276 g/mol. The Bertz CT molecular complexity index is 660. The van der Waals surface area contributed by atoms with Gasteiger partial charge in [-0.05, 0) is 31.5 Å². The molecule has 1 aromatic carbocycles. The van der Waals surface area contributed by atoms with E-state index in [9.17, 15) is 4.79 Å². The third-order valence-corrected chi connectivity index (χ3v) is 5.06. The summed E-state index contributed by atoms with van der Waals surface area (Å²) >= 11 is 3.28. The number of thioether (sulfide) groups is 1. The number of Topliss-reactive ketones (excluding diaryl/α,β-unsaturated/α-hetero) is 1. The molecular weight excluding hydrogens is 264 g/mol. The predicted molar refractivity (Wildman–Crippen MR) is 77.8 cm³/mol. The van der Waals surface area contributed by atoms with Crippen molar-refractivity contribution in [1.29, 1.82) is 0 Å². The van der Waals surface area contributed by atoms with Gasteiger partial charge in [-0.15, -0.1) is 23.1 Å². The molecule has 5 heteroatoms. The highest BCUT2D eigenvalue weighted by atomic mass is 32.2. The zero-order valence-corrected chi connectivity index (χ0v) is 11.8. The molecule has 1 atom stereocenters. The maximum atomic E-state index is 11.3. The van der Waals surface area contributed by atoms with E-state index in [1.165, 1.54) is 10.3 Å². The first-order valence-electron chi connectivity index (χ1n) is 5.72. The number of aryl methyl sites for hydroxylation is 1. The third kappa shape index (κ3) is 2.08. The number of aromatic nitrogens is 1. The lowest BCUT2D eigenvalue weighted by Crippen LogP contribution is -2.14. The second-order valence-electron chi connectivity index (χ2n) is 4.36. The van der Waals surface area contributed by atoms with Crippen LogP contribution in [-0.4, -0.2) is 27.6 Å². The van der Waals surface area contributed by atoms with Gasteiger partial charge in [0.15, 0.2) is 5.78 Å². The van der Waals surface area contributed by atoms with Gasteiger partial charge in [0.2, 0.25) is 0 Å². The molecule has 0 amide bonds. The average Bonchev–Trinajstić information content (AvgIpc) is 2.93. The lowest BCUT2D eigenvalue weighted by atomic mass is 10.2. The smallest absolute Gasteiger partial charge is 0.155 e. The van der Waals surface area contributed by atoms with Crippen molar-refractivity contribution < 1.29 is 4.79 Å². The number of carbonyl (C=O) groups excluding carboxylic acids is 1. The van der Waals surface area contributed by atoms with E-state index in [4.69, 9.17) is 0 Å². The van der Waals surface area contributed by atoms with Crippen molar-refractivity contribution in [3.63, 3.8) is 0 Å². The van der Waals surface area contributed by atoms with Crippen LogP contribution >= 0.6 is 23.1 Å². The van der Waals surface area contributed by atoms with Gasteiger partial charge < -0.3 is 0 Å². The normalized spacial score (nSPS) is 19.2. The lowest BCUT2D eigenvalue weighted by molar-refractivity contribution is -0.117. The summed E-state index contributed by atoms with van der Waals surface area (Å²) in [5, 5.41) is 1.85. The van der Waals surface area contributed by atoms with E-state index < -0.39 is 0 Å². The monoisotopic (exact) mass is 276 g/mol. The minimum absolute atomic E-state index is 0.134. The summed E-state index contributed by atoms with van der Waals surface area (Å²) in [7, 11) is 0. The van der Waals surface area contributed by atoms with E-state index >= 15 is 0 Å². The highest BCUT2D eigenvalue weighted by Crippen LogP contribution is 2.30. The molecule has 2 aromatic rings. The van der Waals surface area contributed by atoms with Crippen LogP contribution in [0.2, 0.25) is 0 Å². The number of hydrogen-bond acceptors (Lipinski definition) is 5. The molecule has 0 N–H and O–H groups in total. The summed E-state index contributed by atoms with van der Waals surface area (Å²) in [6, 6.07) is 6.05. The Labute approximate surface area is 113 Å². The fraction of sp³-hybridized carbons (Fsp3) is 0.308. The quantitative estimate of drug-likeness (QED) is 0.846. The van der Waals surface area contributed by atoms with Crippen molar-refractivity contribution >= 4 is 44.1 Å². The van der Waals surface area contributed by atoms with Gasteiger partial charge in [-0.25, -0.2) is 4.98 Å². The summed E-state index contributed by atoms with van der Waals surface area (Å²) in [5.74, 6) is 0.883. The zero-order chi connectivity index (χ0) is 12.7. The Balaban J connectivity index is 2.00. The number of ketones is 1. The minimum Gasteiger partial charge on any atom is -0.298 e. The largest absolute Gasteiger partial charge is 0.298 e. The van der Waals surface area contributed by atoms with Crippen LogP contribution in [0.3, 0.4) is 0 Å². The van der Waals surface area contributed by atoms with Crippen molar-refractivity contribution in [1.82, 2.24) is 4.98 Å². The van der Waals surface area contributed by atoms with Crippen molar-refractivity contribution in [3.05, 3.63) is 28.8 Å². The highest BCUT2D eigenvalue weighted by Gasteiger charge is 2.24. The Morgan fingerprint density at radius 3 is 3.00 bits per heavy atom. The number of thiazole rings is 1. The van der Waals surface area contributed by atoms with Crippen molar-refractivity contribution in [2.24, 2.45) is 4.99 Å². The molecule has 1 unspecified atom stereocenters. The molecule has 1 aromatic heterocycles. The number of nitrogens with zero attached hydrogens (tertiary/aromatic N) is 2. The van der Waals surface area contributed by atoms with Crippen LogP contribution in [0.4, 0.5) is 0 Å². The summed E-state index contributed by atoms with van der Waals surface area (Å²) in [5.41, 5.74) is 2.25. The molecule has 0 radical (unpaired) electrons. The van der Waals surface area contributed by atoms with Crippen molar-refractivity contribution in [2.75, 3.05) is 5.75 Å². The molecule has 3 nitrogen and oxygen atoms in total. The van der Waals surface area contributed by atoms with Crippen LogP contribution < -0.4 is 0 Å². The van der Waals surface area contributed by atoms with Crippen LogP contribution in [0.15, 0.2) is 23.2 Å². The second kappa shape index (κ2) is 4.48.